The molecule has 0 bridgehead atoms. The van der Waals surface area contributed by atoms with Crippen LogP contribution in [0.25, 0.3) is 11.5 Å². The van der Waals surface area contributed by atoms with Crippen molar-refractivity contribution in [1.82, 2.24) is 15.1 Å². The number of carbonyl (C=O) groups excluding carboxylic acids is 1. The van der Waals surface area contributed by atoms with Gasteiger partial charge in [-0.3, -0.25) is 4.79 Å². The normalized spacial score (nSPS) is 13.8. The minimum Gasteiger partial charge on any atom is -0.411 e. The Morgan fingerprint density at radius 2 is 2.29 bits per heavy atom. The smallest absolute Gasteiger partial charge is 0.277 e. The molecule has 0 radical (unpaired) electrons. The van der Waals surface area contributed by atoms with E-state index in [-0.39, 0.29) is 5.91 Å². The second-order valence-electron chi connectivity index (χ2n) is 5.40. The number of allylic oxidation sites excluding steroid dienone is 2. The minimum absolute atomic E-state index is 0.0813. The molecule has 0 atom stereocenters. The zero-order valence-corrected chi connectivity index (χ0v) is 15.8. The summed E-state index contributed by atoms with van der Waals surface area (Å²) in [5, 5.41) is 8.49. The van der Waals surface area contributed by atoms with Crippen molar-refractivity contribution in [3.05, 3.63) is 40.5 Å². The molecule has 5 nitrogen and oxygen atoms in total. The Kier molecular flexibility index (Phi) is 5.73. The summed E-state index contributed by atoms with van der Waals surface area (Å²) in [4.78, 5) is 14.3. The number of hydrogen-bond acceptors (Lipinski definition) is 5. The summed E-state index contributed by atoms with van der Waals surface area (Å²) in [5.41, 5.74) is 1.99. The molecule has 7 heteroatoms. The Morgan fingerprint density at radius 1 is 1.42 bits per heavy atom. The molecule has 3 rings (SSSR count). The molecule has 0 aliphatic heterocycles. The van der Waals surface area contributed by atoms with Crippen LogP contribution in [-0.4, -0.2) is 33.3 Å². The van der Waals surface area contributed by atoms with E-state index in [4.69, 9.17) is 4.42 Å². The highest BCUT2D eigenvalue weighted by Gasteiger charge is 2.20. The molecule has 0 saturated heterocycles. The van der Waals surface area contributed by atoms with Gasteiger partial charge in [0.2, 0.25) is 11.8 Å². The summed E-state index contributed by atoms with van der Waals surface area (Å²) >= 11 is 4.70. The van der Waals surface area contributed by atoms with Crippen molar-refractivity contribution >= 4 is 33.6 Å². The van der Waals surface area contributed by atoms with Crippen LogP contribution in [0, 0.1) is 0 Å². The molecule has 2 aromatic rings. The highest BCUT2D eigenvalue weighted by Crippen LogP contribution is 2.26. The van der Waals surface area contributed by atoms with Crippen LogP contribution in [0.15, 0.2) is 50.2 Å². The lowest BCUT2D eigenvalue weighted by molar-refractivity contribution is -0.126. The highest BCUT2D eigenvalue weighted by molar-refractivity contribution is 9.10. The van der Waals surface area contributed by atoms with Gasteiger partial charge >= 0.3 is 0 Å². The molecule has 1 heterocycles. The molecular formula is C17H18BrN3O2S. The number of halogens is 1. The van der Waals surface area contributed by atoms with Gasteiger partial charge in [0.05, 0.1) is 5.75 Å². The van der Waals surface area contributed by atoms with Crippen LogP contribution >= 0.6 is 27.7 Å². The Balaban J connectivity index is 1.61. The standard InChI is InChI=1S/C17H18BrN3O2S/c1-2-21(14-8-3-4-9-14)15(22)11-24-17-20-19-16(23-17)12-6-5-7-13(18)10-12/h5-8,10H,2-4,9,11H2,1H3. The lowest BCUT2D eigenvalue weighted by Gasteiger charge is -2.21. The quantitative estimate of drug-likeness (QED) is 0.659. The second kappa shape index (κ2) is 7.98. The monoisotopic (exact) mass is 407 g/mol. The molecular weight excluding hydrogens is 390 g/mol. The van der Waals surface area contributed by atoms with E-state index in [9.17, 15) is 4.79 Å². The first-order valence-electron chi connectivity index (χ1n) is 7.89. The van der Waals surface area contributed by atoms with Crippen LogP contribution in [-0.2, 0) is 4.79 Å². The van der Waals surface area contributed by atoms with Crippen LogP contribution in [0.2, 0.25) is 0 Å². The Bertz CT molecular complexity index is 760. The minimum atomic E-state index is 0.0813. The van der Waals surface area contributed by atoms with E-state index in [1.807, 2.05) is 36.1 Å². The zero-order valence-electron chi connectivity index (χ0n) is 13.4. The van der Waals surface area contributed by atoms with Gasteiger partial charge in [0.1, 0.15) is 0 Å². The van der Waals surface area contributed by atoms with E-state index < -0.39 is 0 Å². The highest BCUT2D eigenvalue weighted by atomic mass is 79.9. The molecule has 0 unspecified atom stereocenters. The fourth-order valence-electron chi connectivity index (χ4n) is 2.65. The number of thioether (sulfide) groups is 1. The van der Waals surface area contributed by atoms with Gasteiger partial charge in [0.25, 0.3) is 5.22 Å². The lowest BCUT2D eigenvalue weighted by Crippen LogP contribution is -2.31. The summed E-state index contributed by atoms with van der Waals surface area (Å²) < 4.78 is 6.60. The van der Waals surface area contributed by atoms with Gasteiger partial charge in [-0.25, -0.2) is 0 Å². The van der Waals surface area contributed by atoms with E-state index in [1.54, 1.807) is 0 Å². The molecule has 0 saturated carbocycles. The van der Waals surface area contributed by atoms with Gasteiger partial charge in [-0.15, -0.1) is 10.2 Å². The number of aromatic nitrogens is 2. The first-order chi connectivity index (χ1) is 11.7. The molecule has 1 aromatic heterocycles. The summed E-state index contributed by atoms with van der Waals surface area (Å²) in [6, 6.07) is 7.67. The number of rotatable bonds is 6. The molecule has 0 fully saturated rings. The summed E-state index contributed by atoms with van der Waals surface area (Å²) in [6.45, 7) is 2.69. The number of nitrogens with zero attached hydrogens (tertiary/aromatic N) is 3. The molecule has 1 aliphatic rings. The molecule has 1 aromatic carbocycles. The summed E-state index contributed by atoms with van der Waals surface area (Å²) in [5.74, 6) is 0.834. The largest absolute Gasteiger partial charge is 0.411 e. The van der Waals surface area contributed by atoms with Crippen molar-refractivity contribution in [2.45, 2.75) is 31.4 Å². The van der Waals surface area contributed by atoms with Crippen LogP contribution in [0.5, 0.6) is 0 Å². The first-order valence-corrected chi connectivity index (χ1v) is 9.67. The maximum Gasteiger partial charge on any atom is 0.277 e. The maximum absolute atomic E-state index is 12.4. The molecule has 0 spiro atoms. The predicted octanol–water partition coefficient (Wildman–Crippen LogP) is 4.51. The van der Waals surface area contributed by atoms with Crippen molar-refractivity contribution < 1.29 is 9.21 Å². The van der Waals surface area contributed by atoms with Crippen LogP contribution in [0.3, 0.4) is 0 Å². The van der Waals surface area contributed by atoms with Crippen molar-refractivity contribution in [1.29, 1.82) is 0 Å². The van der Waals surface area contributed by atoms with Gasteiger partial charge in [0.15, 0.2) is 0 Å². The molecule has 0 N–H and O–H groups in total. The fourth-order valence-corrected chi connectivity index (χ4v) is 3.68. The van der Waals surface area contributed by atoms with Gasteiger partial charge in [0, 0.05) is 22.3 Å². The van der Waals surface area contributed by atoms with E-state index in [1.165, 1.54) is 11.8 Å². The van der Waals surface area contributed by atoms with Crippen molar-refractivity contribution in [2.24, 2.45) is 0 Å². The Hall–Kier alpha value is -1.60. The fraction of sp³-hybridized carbons (Fsp3) is 0.353. The molecule has 1 amide bonds. The van der Waals surface area contributed by atoms with Crippen LogP contribution in [0.1, 0.15) is 26.2 Å². The number of amides is 1. The van der Waals surface area contributed by atoms with E-state index >= 15 is 0 Å². The predicted molar refractivity (Wildman–Crippen MR) is 97.5 cm³/mol. The molecule has 126 valence electrons. The summed E-state index contributed by atoms with van der Waals surface area (Å²) in [7, 11) is 0. The van der Waals surface area contributed by atoms with Crippen LogP contribution in [0.4, 0.5) is 0 Å². The number of benzene rings is 1. The molecule has 1 aliphatic carbocycles. The summed E-state index contributed by atoms with van der Waals surface area (Å²) in [6.07, 6.45) is 5.33. The van der Waals surface area contributed by atoms with Gasteiger partial charge in [-0.1, -0.05) is 39.8 Å². The first kappa shape index (κ1) is 17.2. The van der Waals surface area contributed by atoms with Gasteiger partial charge < -0.3 is 9.32 Å². The van der Waals surface area contributed by atoms with Crippen molar-refractivity contribution in [3.8, 4) is 11.5 Å². The zero-order chi connectivity index (χ0) is 16.9. The third-order valence-electron chi connectivity index (χ3n) is 3.78. The SMILES string of the molecule is CCN(C(=O)CSc1nnc(-c2cccc(Br)c2)o1)C1=CCCC1. The topological polar surface area (TPSA) is 59.2 Å². The Labute approximate surface area is 153 Å². The second-order valence-corrected chi connectivity index (χ2v) is 7.24. The van der Waals surface area contributed by atoms with Crippen molar-refractivity contribution in [2.75, 3.05) is 12.3 Å². The molecule has 24 heavy (non-hydrogen) atoms. The lowest BCUT2D eigenvalue weighted by atomic mass is 10.2. The number of hydrogen-bond donors (Lipinski definition) is 0. The average Bonchev–Trinajstić information content (AvgIpc) is 3.26. The van der Waals surface area contributed by atoms with Gasteiger partial charge in [-0.2, -0.15) is 0 Å². The third-order valence-corrected chi connectivity index (χ3v) is 5.07. The van der Waals surface area contributed by atoms with E-state index in [0.29, 0.717) is 23.4 Å². The maximum atomic E-state index is 12.4. The van der Waals surface area contributed by atoms with E-state index in [2.05, 4.69) is 32.2 Å². The van der Waals surface area contributed by atoms with E-state index in [0.717, 1.165) is 35.0 Å². The third kappa shape index (κ3) is 4.08. The van der Waals surface area contributed by atoms with Gasteiger partial charge in [-0.05, 0) is 44.4 Å². The van der Waals surface area contributed by atoms with Crippen LogP contribution < -0.4 is 0 Å². The number of carbonyl (C=O) groups is 1. The Morgan fingerprint density at radius 3 is 3.00 bits per heavy atom. The average molecular weight is 408 g/mol. The van der Waals surface area contributed by atoms with Crippen molar-refractivity contribution in [3.63, 3.8) is 0 Å².